The van der Waals surface area contributed by atoms with Crippen LogP contribution in [0.2, 0.25) is 0 Å². The zero-order valence-electron chi connectivity index (χ0n) is 20.4. The van der Waals surface area contributed by atoms with E-state index in [4.69, 9.17) is 4.74 Å². The van der Waals surface area contributed by atoms with Crippen LogP contribution >= 0.6 is 0 Å². The number of alkyl carbamates (subject to hydrolysis) is 1. The summed E-state index contributed by atoms with van der Waals surface area (Å²) < 4.78 is 37.9. The van der Waals surface area contributed by atoms with Gasteiger partial charge in [0.2, 0.25) is 5.43 Å². The number of hydrogen-bond acceptors (Lipinski definition) is 5. The molecule has 2 aliphatic rings. The molecule has 1 unspecified atom stereocenters. The lowest BCUT2D eigenvalue weighted by molar-refractivity contribution is 0.0486. The van der Waals surface area contributed by atoms with E-state index in [-0.39, 0.29) is 34.6 Å². The summed E-state index contributed by atoms with van der Waals surface area (Å²) in [4.78, 5) is 38.1. The van der Waals surface area contributed by atoms with Crippen molar-refractivity contribution < 1.29 is 28.2 Å². The number of nitrogens with one attached hydrogen (secondary N) is 1. The first kappa shape index (κ1) is 24.9. The SMILES string of the molecule is CC[C@H](NC(=O)OC(C)(C)C)C1CCN(c2c(F)cc3c(=O)c(C(=O)O)cn(C4CC4)c3c2F)C1. The molecular formula is C25H31F2N3O5. The second-order valence-electron chi connectivity index (χ2n) is 10.4. The molecule has 2 heterocycles. The number of amides is 1. The first-order chi connectivity index (χ1) is 16.4. The van der Waals surface area contributed by atoms with Gasteiger partial charge in [0.25, 0.3) is 0 Å². The fourth-order valence-corrected chi connectivity index (χ4v) is 4.85. The van der Waals surface area contributed by atoms with Gasteiger partial charge in [-0.3, -0.25) is 4.79 Å². The smallest absolute Gasteiger partial charge is 0.407 e. The highest BCUT2D eigenvalue weighted by Gasteiger charge is 2.35. The van der Waals surface area contributed by atoms with Crippen LogP contribution in [0.5, 0.6) is 0 Å². The van der Waals surface area contributed by atoms with Crippen LogP contribution in [-0.4, -0.2) is 46.5 Å². The molecule has 2 N–H and O–H groups in total. The number of aromatic carboxylic acids is 1. The van der Waals surface area contributed by atoms with E-state index in [0.717, 1.165) is 18.9 Å². The van der Waals surface area contributed by atoms with Crippen LogP contribution in [0.4, 0.5) is 19.3 Å². The first-order valence-electron chi connectivity index (χ1n) is 12.0. The number of carboxylic acid groups (broad SMARTS) is 1. The number of benzene rings is 1. The minimum Gasteiger partial charge on any atom is -0.477 e. The molecular weight excluding hydrogens is 460 g/mol. The number of pyridine rings is 1. The van der Waals surface area contributed by atoms with Gasteiger partial charge in [0, 0.05) is 31.4 Å². The zero-order chi connectivity index (χ0) is 25.7. The fraction of sp³-hybridized carbons (Fsp3) is 0.560. The van der Waals surface area contributed by atoms with Crippen LogP contribution in [0.15, 0.2) is 17.1 Å². The van der Waals surface area contributed by atoms with E-state index in [0.29, 0.717) is 25.9 Å². The molecule has 35 heavy (non-hydrogen) atoms. The number of aromatic nitrogens is 1. The van der Waals surface area contributed by atoms with Crippen molar-refractivity contribution in [2.24, 2.45) is 5.92 Å². The second-order valence-corrected chi connectivity index (χ2v) is 10.4. The zero-order valence-corrected chi connectivity index (χ0v) is 20.4. The van der Waals surface area contributed by atoms with E-state index in [1.54, 1.807) is 25.7 Å². The number of fused-ring (bicyclic) bond motifs is 1. The normalized spacial score (nSPS) is 19.1. The van der Waals surface area contributed by atoms with Crippen LogP contribution in [0.1, 0.15) is 69.8 Å². The van der Waals surface area contributed by atoms with Crippen molar-refractivity contribution in [1.29, 1.82) is 0 Å². The summed E-state index contributed by atoms with van der Waals surface area (Å²) in [6.07, 6.45) is 3.32. The Kier molecular flexibility index (Phi) is 6.50. The molecule has 1 aliphatic heterocycles. The molecule has 1 aliphatic carbocycles. The van der Waals surface area contributed by atoms with E-state index >= 15 is 8.78 Å². The summed E-state index contributed by atoms with van der Waals surface area (Å²) in [6, 6.07) is 0.590. The molecule has 1 saturated heterocycles. The summed E-state index contributed by atoms with van der Waals surface area (Å²) in [6.45, 7) is 7.94. The Labute approximate surface area is 201 Å². The quantitative estimate of drug-likeness (QED) is 0.620. The molecule has 2 atom stereocenters. The molecule has 1 amide bonds. The summed E-state index contributed by atoms with van der Waals surface area (Å²) >= 11 is 0. The molecule has 8 nitrogen and oxygen atoms in total. The van der Waals surface area contributed by atoms with Gasteiger partial charge in [-0.15, -0.1) is 0 Å². The third-order valence-electron chi connectivity index (χ3n) is 6.61. The maximum Gasteiger partial charge on any atom is 0.407 e. The van der Waals surface area contributed by atoms with Gasteiger partial charge in [0.05, 0.1) is 10.9 Å². The predicted molar refractivity (Wildman–Crippen MR) is 127 cm³/mol. The number of nitrogens with zero attached hydrogens (tertiary/aromatic N) is 2. The van der Waals surface area contributed by atoms with Crippen molar-refractivity contribution in [3.63, 3.8) is 0 Å². The lowest BCUT2D eigenvalue weighted by Gasteiger charge is -2.27. The van der Waals surface area contributed by atoms with E-state index in [1.165, 1.54) is 10.8 Å². The summed E-state index contributed by atoms with van der Waals surface area (Å²) in [5, 5.41) is 12.0. The van der Waals surface area contributed by atoms with E-state index in [2.05, 4.69) is 5.32 Å². The fourth-order valence-electron chi connectivity index (χ4n) is 4.85. The van der Waals surface area contributed by atoms with E-state index in [1.807, 2.05) is 6.92 Å². The Morgan fingerprint density at radius 1 is 1.26 bits per heavy atom. The number of carbonyl (C=O) groups excluding carboxylic acids is 1. The van der Waals surface area contributed by atoms with Gasteiger partial charge in [0.15, 0.2) is 5.82 Å². The Bertz CT molecular complexity index is 1230. The molecule has 2 fully saturated rings. The van der Waals surface area contributed by atoms with Gasteiger partial charge in [-0.2, -0.15) is 0 Å². The van der Waals surface area contributed by atoms with Crippen molar-refractivity contribution in [2.45, 2.75) is 71.1 Å². The van der Waals surface area contributed by atoms with E-state index in [9.17, 15) is 19.5 Å². The number of rotatable bonds is 6. The lowest BCUT2D eigenvalue weighted by Crippen LogP contribution is -2.43. The van der Waals surface area contributed by atoms with Gasteiger partial charge < -0.3 is 24.6 Å². The van der Waals surface area contributed by atoms with Gasteiger partial charge >= 0.3 is 12.1 Å². The molecule has 10 heteroatoms. The van der Waals surface area contributed by atoms with Crippen molar-refractivity contribution >= 4 is 28.7 Å². The third-order valence-corrected chi connectivity index (χ3v) is 6.61. The second kappa shape index (κ2) is 9.13. The number of hydrogen-bond donors (Lipinski definition) is 2. The number of halogens is 2. The molecule has 1 aromatic carbocycles. The van der Waals surface area contributed by atoms with E-state index < -0.39 is 40.3 Å². The van der Waals surface area contributed by atoms with Crippen LogP contribution in [0, 0.1) is 17.6 Å². The highest BCUT2D eigenvalue weighted by molar-refractivity contribution is 5.94. The summed E-state index contributed by atoms with van der Waals surface area (Å²) in [5.41, 5.74) is -2.35. The summed E-state index contributed by atoms with van der Waals surface area (Å²) in [7, 11) is 0. The minimum atomic E-state index is -1.43. The Hall–Kier alpha value is -3.17. The predicted octanol–water partition coefficient (Wildman–Crippen LogP) is 4.44. The molecule has 0 radical (unpaired) electrons. The molecule has 4 rings (SSSR count). The molecule has 0 bridgehead atoms. The summed E-state index contributed by atoms with van der Waals surface area (Å²) in [5.74, 6) is -3.26. The molecule has 2 aromatic rings. The van der Waals surface area contributed by atoms with Crippen LogP contribution in [0.3, 0.4) is 0 Å². The Balaban J connectivity index is 1.66. The van der Waals surface area contributed by atoms with Gasteiger partial charge in [-0.1, -0.05) is 6.92 Å². The van der Waals surface area contributed by atoms with Crippen LogP contribution < -0.4 is 15.6 Å². The maximum atomic E-state index is 15.9. The van der Waals surface area contributed by atoms with Crippen LogP contribution in [-0.2, 0) is 4.74 Å². The highest BCUT2D eigenvalue weighted by Crippen LogP contribution is 2.40. The van der Waals surface area contributed by atoms with Crippen molar-refractivity contribution in [2.75, 3.05) is 18.0 Å². The van der Waals surface area contributed by atoms with Gasteiger partial charge in [-0.25, -0.2) is 18.4 Å². The topological polar surface area (TPSA) is 101 Å². The maximum absolute atomic E-state index is 15.9. The van der Waals surface area contributed by atoms with Gasteiger partial charge in [-0.05, 0) is 58.4 Å². The average Bonchev–Trinajstić information content (AvgIpc) is 3.49. The first-order valence-corrected chi connectivity index (χ1v) is 12.0. The number of carboxylic acids is 1. The molecule has 190 valence electrons. The Morgan fingerprint density at radius 3 is 2.51 bits per heavy atom. The highest BCUT2D eigenvalue weighted by atomic mass is 19.1. The van der Waals surface area contributed by atoms with Gasteiger partial charge in [0.1, 0.15) is 22.7 Å². The molecule has 1 aromatic heterocycles. The standard InChI is InChI=1S/C25H31F2N3O5/c1-5-18(28-24(34)35-25(2,3)4)13-8-9-29(11-13)21-17(26)10-15-20(19(21)27)30(14-6-7-14)12-16(22(15)31)23(32)33/h10,12-14,18H,5-9,11H2,1-4H3,(H,28,34)(H,32,33)/t13?,18-/m0/s1. The monoisotopic (exact) mass is 491 g/mol. The van der Waals surface area contributed by atoms with Crippen molar-refractivity contribution in [3.8, 4) is 0 Å². The number of anilines is 1. The Morgan fingerprint density at radius 2 is 1.94 bits per heavy atom. The number of ether oxygens (including phenoxy) is 1. The van der Waals surface area contributed by atoms with Crippen LogP contribution in [0.25, 0.3) is 10.9 Å². The minimum absolute atomic E-state index is 0.0537. The average molecular weight is 492 g/mol. The molecule has 1 saturated carbocycles. The third kappa shape index (κ3) is 4.97. The largest absolute Gasteiger partial charge is 0.477 e. The number of carbonyl (C=O) groups is 2. The van der Waals surface area contributed by atoms with Crippen molar-refractivity contribution in [3.05, 3.63) is 39.7 Å². The van der Waals surface area contributed by atoms with Crippen molar-refractivity contribution in [1.82, 2.24) is 9.88 Å². The molecule has 0 spiro atoms. The lowest BCUT2D eigenvalue weighted by atomic mass is 9.97.